The first-order valence-corrected chi connectivity index (χ1v) is 7.85. The molecule has 0 saturated carbocycles. The van der Waals surface area contributed by atoms with Crippen molar-refractivity contribution in [2.45, 2.75) is 54.4 Å². The predicted octanol–water partition coefficient (Wildman–Crippen LogP) is 5.84. The fraction of sp³-hybridized carbons (Fsp3) is 0.400. The van der Waals surface area contributed by atoms with Gasteiger partial charge in [0.25, 0.3) is 0 Å². The van der Waals surface area contributed by atoms with Crippen LogP contribution in [-0.2, 0) is 12.8 Å². The standard InChI is InChI=1S/C20H26O/c1-7-17-11-9-13(3)19(15(17)5)21-20-14(4)10-12-18(8-2)16(20)6/h9-12H,7-8H2,1-6H3. The molecule has 0 spiro atoms. The van der Waals surface area contributed by atoms with Crippen LogP contribution in [0, 0.1) is 27.7 Å². The molecule has 0 radical (unpaired) electrons. The van der Waals surface area contributed by atoms with Crippen molar-refractivity contribution in [3.05, 3.63) is 57.6 Å². The highest BCUT2D eigenvalue weighted by atomic mass is 16.5. The van der Waals surface area contributed by atoms with E-state index in [1.807, 2.05) is 0 Å². The smallest absolute Gasteiger partial charge is 0.133 e. The first kappa shape index (κ1) is 15.6. The zero-order chi connectivity index (χ0) is 15.6. The minimum atomic E-state index is 1.02. The van der Waals surface area contributed by atoms with Crippen molar-refractivity contribution in [3.63, 3.8) is 0 Å². The molecule has 0 aliphatic rings. The average Bonchev–Trinajstić information content (AvgIpc) is 2.46. The lowest BCUT2D eigenvalue weighted by Gasteiger charge is -2.19. The van der Waals surface area contributed by atoms with Crippen LogP contribution in [0.2, 0.25) is 0 Å². The molecule has 0 amide bonds. The molecule has 0 bridgehead atoms. The number of rotatable bonds is 4. The minimum Gasteiger partial charge on any atom is -0.456 e. The number of ether oxygens (including phenoxy) is 1. The lowest BCUT2D eigenvalue weighted by molar-refractivity contribution is 0.466. The Balaban J connectivity index is 2.53. The average molecular weight is 282 g/mol. The van der Waals surface area contributed by atoms with Crippen LogP contribution >= 0.6 is 0 Å². The molecule has 0 fully saturated rings. The normalized spacial score (nSPS) is 10.8. The van der Waals surface area contributed by atoms with Crippen LogP contribution in [0.25, 0.3) is 0 Å². The van der Waals surface area contributed by atoms with E-state index >= 15 is 0 Å². The Hall–Kier alpha value is -1.76. The van der Waals surface area contributed by atoms with Gasteiger partial charge in [-0.15, -0.1) is 0 Å². The van der Waals surface area contributed by atoms with Gasteiger partial charge in [0.2, 0.25) is 0 Å². The van der Waals surface area contributed by atoms with Gasteiger partial charge in [0.1, 0.15) is 11.5 Å². The van der Waals surface area contributed by atoms with E-state index in [0.717, 1.165) is 24.3 Å². The molecule has 0 aromatic heterocycles. The van der Waals surface area contributed by atoms with E-state index in [2.05, 4.69) is 65.8 Å². The molecule has 21 heavy (non-hydrogen) atoms. The molecule has 0 aliphatic heterocycles. The summed E-state index contributed by atoms with van der Waals surface area (Å²) in [5.41, 5.74) is 7.64. The van der Waals surface area contributed by atoms with Crippen LogP contribution in [-0.4, -0.2) is 0 Å². The fourth-order valence-corrected chi connectivity index (χ4v) is 2.92. The van der Waals surface area contributed by atoms with E-state index in [1.54, 1.807) is 0 Å². The van der Waals surface area contributed by atoms with Crippen LogP contribution in [0.1, 0.15) is 47.2 Å². The van der Waals surface area contributed by atoms with Gasteiger partial charge in [-0.25, -0.2) is 0 Å². The highest BCUT2D eigenvalue weighted by Gasteiger charge is 2.13. The molecular weight excluding hydrogens is 256 g/mol. The zero-order valence-corrected chi connectivity index (χ0v) is 14.1. The third kappa shape index (κ3) is 2.97. The Labute approximate surface area is 129 Å². The first-order chi connectivity index (χ1) is 9.99. The summed E-state index contributed by atoms with van der Waals surface area (Å²) in [6.07, 6.45) is 2.07. The highest BCUT2D eigenvalue weighted by Crippen LogP contribution is 2.35. The van der Waals surface area contributed by atoms with E-state index in [4.69, 9.17) is 4.74 Å². The van der Waals surface area contributed by atoms with Gasteiger partial charge in [0.15, 0.2) is 0 Å². The number of hydrogen-bond acceptors (Lipinski definition) is 1. The maximum absolute atomic E-state index is 6.39. The molecule has 1 heteroatoms. The summed E-state index contributed by atoms with van der Waals surface area (Å²) in [5, 5.41) is 0. The van der Waals surface area contributed by atoms with Gasteiger partial charge in [0, 0.05) is 0 Å². The minimum absolute atomic E-state index is 1.02. The summed E-state index contributed by atoms with van der Waals surface area (Å²) in [7, 11) is 0. The Morgan fingerprint density at radius 1 is 0.667 bits per heavy atom. The topological polar surface area (TPSA) is 9.23 Å². The Morgan fingerprint density at radius 2 is 1.05 bits per heavy atom. The van der Waals surface area contributed by atoms with Crippen molar-refractivity contribution in [2.24, 2.45) is 0 Å². The third-order valence-electron chi connectivity index (χ3n) is 4.40. The fourth-order valence-electron chi connectivity index (χ4n) is 2.92. The van der Waals surface area contributed by atoms with Gasteiger partial charge in [-0.2, -0.15) is 0 Å². The van der Waals surface area contributed by atoms with Crippen molar-refractivity contribution in [3.8, 4) is 11.5 Å². The van der Waals surface area contributed by atoms with Gasteiger partial charge in [-0.1, -0.05) is 38.1 Å². The van der Waals surface area contributed by atoms with Crippen LogP contribution < -0.4 is 4.74 Å². The molecular formula is C20H26O. The summed E-state index contributed by atoms with van der Waals surface area (Å²) < 4.78 is 6.39. The van der Waals surface area contributed by atoms with Crippen LogP contribution in [0.15, 0.2) is 24.3 Å². The van der Waals surface area contributed by atoms with E-state index in [1.165, 1.54) is 33.4 Å². The lowest BCUT2D eigenvalue weighted by atomic mass is 10.0. The van der Waals surface area contributed by atoms with E-state index in [0.29, 0.717) is 0 Å². The summed E-state index contributed by atoms with van der Waals surface area (Å²) in [5.74, 6) is 2.04. The van der Waals surface area contributed by atoms with E-state index in [9.17, 15) is 0 Å². The second kappa shape index (κ2) is 6.34. The van der Waals surface area contributed by atoms with Crippen molar-refractivity contribution < 1.29 is 4.74 Å². The first-order valence-electron chi connectivity index (χ1n) is 7.85. The van der Waals surface area contributed by atoms with Gasteiger partial charge in [0.05, 0.1) is 0 Å². The Kier molecular flexibility index (Phi) is 4.72. The lowest BCUT2D eigenvalue weighted by Crippen LogP contribution is -2.00. The zero-order valence-electron chi connectivity index (χ0n) is 14.1. The molecule has 0 saturated heterocycles. The number of aryl methyl sites for hydroxylation is 4. The molecule has 112 valence electrons. The van der Waals surface area contributed by atoms with Crippen molar-refractivity contribution in [1.29, 1.82) is 0 Å². The molecule has 0 atom stereocenters. The second-order valence-electron chi connectivity index (χ2n) is 5.80. The predicted molar refractivity (Wildman–Crippen MR) is 90.7 cm³/mol. The Bertz CT molecular complexity index is 596. The maximum Gasteiger partial charge on any atom is 0.133 e. The molecule has 2 aromatic rings. The molecule has 2 aromatic carbocycles. The molecule has 2 rings (SSSR count). The second-order valence-corrected chi connectivity index (χ2v) is 5.80. The van der Waals surface area contributed by atoms with Gasteiger partial charge >= 0.3 is 0 Å². The maximum atomic E-state index is 6.39. The summed E-state index contributed by atoms with van der Waals surface area (Å²) in [6.45, 7) is 12.9. The molecule has 0 unspecified atom stereocenters. The van der Waals surface area contributed by atoms with Gasteiger partial charge < -0.3 is 4.74 Å². The van der Waals surface area contributed by atoms with Gasteiger partial charge in [-0.05, 0) is 73.9 Å². The molecule has 1 nitrogen and oxygen atoms in total. The van der Waals surface area contributed by atoms with Gasteiger partial charge in [-0.3, -0.25) is 0 Å². The van der Waals surface area contributed by atoms with Crippen LogP contribution in [0.4, 0.5) is 0 Å². The summed E-state index contributed by atoms with van der Waals surface area (Å²) in [6, 6.07) is 8.74. The number of hydrogen-bond donors (Lipinski definition) is 0. The summed E-state index contributed by atoms with van der Waals surface area (Å²) >= 11 is 0. The van der Waals surface area contributed by atoms with Crippen LogP contribution in [0.5, 0.6) is 11.5 Å². The van der Waals surface area contributed by atoms with Crippen molar-refractivity contribution in [2.75, 3.05) is 0 Å². The summed E-state index contributed by atoms with van der Waals surface area (Å²) in [4.78, 5) is 0. The highest BCUT2D eigenvalue weighted by molar-refractivity contribution is 5.52. The van der Waals surface area contributed by atoms with Crippen molar-refractivity contribution >= 4 is 0 Å². The molecule has 0 aliphatic carbocycles. The third-order valence-corrected chi connectivity index (χ3v) is 4.40. The Morgan fingerprint density at radius 3 is 1.38 bits per heavy atom. The largest absolute Gasteiger partial charge is 0.456 e. The van der Waals surface area contributed by atoms with E-state index in [-0.39, 0.29) is 0 Å². The van der Waals surface area contributed by atoms with E-state index < -0.39 is 0 Å². The number of benzene rings is 2. The van der Waals surface area contributed by atoms with Crippen molar-refractivity contribution in [1.82, 2.24) is 0 Å². The SMILES string of the molecule is CCc1ccc(C)c(Oc2c(C)ccc(CC)c2C)c1C. The quantitative estimate of drug-likeness (QED) is 0.684. The molecule has 0 N–H and O–H groups in total. The van der Waals surface area contributed by atoms with Crippen LogP contribution in [0.3, 0.4) is 0 Å². The molecule has 0 heterocycles. The monoisotopic (exact) mass is 282 g/mol.